The number of aromatic nitrogens is 2. The van der Waals surface area contributed by atoms with E-state index in [1.165, 1.54) is 11.3 Å². The van der Waals surface area contributed by atoms with Crippen LogP contribution in [-0.4, -0.2) is 53.0 Å². The molecule has 2 aromatic rings. The Morgan fingerprint density at radius 3 is 2.56 bits per heavy atom. The summed E-state index contributed by atoms with van der Waals surface area (Å²) in [4.78, 5) is 25.1. The fourth-order valence-corrected chi connectivity index (χ4v) is 3.27. The Labute approximate surface area is 182 Å². The molecule has 0 bridgehead atoms. The number of hydrogen-bond donors (Lipinski definition) is 2. The number of carbonyl (C=O) groups excluding carboxylic acids is 1. The molecule has 27 heavy (non-hydrogen) atoms. The van der Waals surface area contributed by atoms with Crippen molar-refractivity contribution in [3.8, 4) is 0 Å². The summed E-state index contributed by atoms with van der Waals surface area (Å²) in [6.45, 7) is 6.29. The second-order valence-corrected chi connectivity index (χ2v) is 6.73. The number of pyridine rings is 1. The molecule has 1 aliphatic rings. The molecule has 1 amide bonds. The fraction of sp³-hybridized carbons (Fsp3) is 0.438. The van der Waals surface area contributed by atoms with Crippen LogP contribution in [0, 0.1) is 0 Å². The molecule has 2 aromatic heterocycles. The fourth-order valence-electron chi connectivity index (χ4n) is 2.56. The number of nitrogens with one attached hydrogen (secondary N) is 1. The van der Waals surface area contributed by atoms with Crippen molar-refractivity contribution in [1.82, 2.24) is 14.9 Å². The van der Waals surface area contributed by atoms with E-state index in [0.717, 1.165) is 44.2 Å². The largest absolute Gasteiger partial charge is 0.354 e. The third-order valence-corrected chi connectivity index (χ3v) is 4.73. The Kier molecular flexibility index (Phi) is 11.8. The van der Waals surface area contributed by atoms with Crippen LogP contribution < -0.4 is 16.0 Å². The number of nitrogens with two attached hydrogens (primary N) is 1. The molecule has 1 aliphatic heterocycles. The Morgan fingerprint density at radius 1 is 1.26 bits per heavy atom. The molecule has 1 fully saturated rings. The zero-order valence-electron chi connectivity index (χ0n) is 14.9. The SMILES string of the molecule is C[C@@H](N)C(=O)Nc1nc(CN2CCN(c3ccccn3)CC2)cs1.Cl.Cl.Cl. The predicted molar refractivity (Wildman–Crippen MR) is 118 cm³/mol. The van der Waals surface area contributed by atoms with Crippen molar-refractivity contribution < 1.29 is 4.79 Å². The molecular formula is C16H25Cl3N6OS. The number of thiazole rings is 1. The van der Waals surface area contributed by atoms with Gasteiger partial charge < -0.3 is 16.0 Å². The summed E-state index contributed by atoms with van der Waals surface area (Å²) >= 11 is 1.44. The van der Waals surface area contributed by atoms with Gasteiger partial charge in [0.05, 0.1) is 11.7 Å². The van der Waals surface area contributed by atoms with E-state index >= 15 is 0 Å². The Morgan fingerprint density at radius 2 is 1.96 bits per heavy atom. The second kappa shape index (κ2) is 12.3. The van der Waals surface area contributed by atoms with Gasteiger partial charge in [-0.15, -0.1) is 48.6 Å². The van der Waals surface area contributed by atoms with Crippen LogP contribution in [0.5, 0.6) is 0 Å². The maximum atomic E-state index is 11.6. The Balaban J connectivity index is 0.00000225. The van der Waals surface area contributed by atoms with E-state index in [1.807, 2.05) is 29.8 Å². The smallest absolute Gasteiger partial charge is 0.242 e. The lowest BCUT2D eigenvalue weighted by Gasteiger charge is -2.35. The van der Waals surface area contributed by atoms with Crippen LogP contribution in [0.1, 0.15) is 12.6 Å². The van der Waals surface area contributed by atoms with Crippen molar-refractivity contribution in [2.24, 2.45) is 5.73 Å². The molecule has 11 heteroatoms. The van der Waals surface area contributed by atoms with Crippen LogP contribution in [0.4, 0.5) is 10.9 Å². The summed E-state index contributed by atoms with van der Waals surface area (Å²) in [6, 6.07) is 5.46. The van der Waals surface area contributed by atoms with Gasteiger partial charge in [0.1, 0.15) is 5.82 Å². The quantitative estimate of drug-likeness (QED) is 0.720. The molecule has 1 saturated heterocycles. The molecule has 1 atom stereocenters. The first-order chi connectivity index (χ1) is 11.6. The van der Waals surface area contributed by atoms with Gasteiger partial charge in [-0.25, -0.2) is 9.97 Å². The van der Waals surface area contributed by atoms with Crippen molar-refractivity contribution in [3.63, 3.8) is 0 Å². The normalized spacial score (nSPS) is 15.0. The highest BCUT2D eigenvalue weighted by Crippen LogP contribution is 2.18. The van der Waals surface area contributed by atoms with Gasteiger partial charge in [-0.2, -0.15) is 0 Å². The van der Waals surface area contributed by atoms with E-state index in [4.69, 9.17) is 5.73 Å². The van der Waals surface area contributed by atoms with Gasteiger partial charge >= 0.3 is 0 Å². The van der Waals surface area contributed by atoms with Gasteiger partial charge in [-0.3, -0.25) is 9.69 Å². The predicted octanol–water partition coefficient (Wildman–Crippen LogP) is 2.41. The zero-order chi connectivity index (χ0) is 16.9. The van der Waals surface area contributed by atoms with Crippen LogP contribution in [0.3, 0.4) is 0 Å². The number of halogens is 3. The number of carbonyl (C=O) groups is 1. The summed E-state index contributed by atoms with van der Waals surface area (Å²) in [6.07, 6.45) is 1.83. The van der Waals surface area contributed by atoms with Gasteiger partial charge in [-0.05, 0) is 19.1 Å². The van der Waals surface area contributed by atoms with Gasteiger partial charge in [0, 0.05) is 44.3 Å². The van der Waals surface area contributed by atoms with Crippen molar-refractivity contribution in [2.45, 2.75) is 19.5 Å². The number of nitrogens with zero attached hydrogens (tertiary/aromatic N) is 4. The average molecular weight is 456 g/mol. The number of rotatable bonds is 5. The molecule has 7 nitrogen and oxygen atoms in total. The molecule has 3 rings (SSSR count). The maximum Gasteiger partial charge on any atom is 0.242 e. The highest BCUT2D eigenvalue weighted by molar-refractivity contribution is 7.13. The van der Waals surface area contributed by atoms with Crippen LogP contribution in [-0.2, 0) is 11.3 Å². The molecule has 0 aliphatic carbocycles. The minimum absolute atomic E-state index is 0. The molecule has 0 saturated carbocycles. The first kappa shape index (κ1) is 25.8. The van der Waals surface area contributed by atoms with Gasteiger partial charge in [0.2, 0.25) is 5.91 Å². The summed E-state index contributed by atoms with van der Waals surface area (Å²) in [5.74, 6) is 0.826. The van der Waals surface area contributed by atoms with Crippen molar-refractivity contribution in [3.05, 3.63) is 35.5 Å². The van der Waals surface area contributed by atoms with Crippen molar-refractivity contribution >= 4 is 65.4 Å². The van der Waals surface area contributed by atoms with E-state index < -0.39 is 6.04 Å². The van der Waals surface area contributed by atoms with Crippen molar-refractivity contribution in [2.75, 3.05) is 36.4 Å². The lowest BCUT2D eigenvalue weighted by molar-refractivity contribution is -0.117. The summed E-state index contributed by atoms with van der Waals surface area (Å²) in [5.41, 5.74) is 6.53. The van der Waals surface area contributed by atoms with E-state index in [9.17, 15) is 4.79 Å². The van der Waals surface area contributed by atoms with E-state index in [1.54, 1.807) is 6.92 Å². The maximum absolute atomic E-state index is 11.6. The lowest BCUT2D eigenvalue weighted by Crippen LogP contribution is -2.46. The molecule has 152 valence electrons. The van der Waals surface area contributed by atoms with Gasteiger partial charge in [-0.1, -0.05) is 6.07 Å². The molecular weight excluding hydrogens is 431 g/mol. The molecule has 0 unspecified atom stereocenters. The summed E-state index contributed by atoms with van der Waals surface area (Å²) in [7, 11) is 0. The lowest BCUT2D eigenvalue weighted by atomic mass is 10.3. The van der Waals surface area contributed by atoms with E-state index in [0.29, 0.717) is 5.13 Å². The second-order valence-electron chi connectivity index (χ2n) is 5.87. The minimum atomic E-state index is -0.531. The standard InChI is InChI=1S/C16H22N6OS.3ClH/c1-12(17)15(23)20-16-19-13(11-24-16)10-21-6-8-22(9-7-21)14-4-2-3-5-18-14;;;/h2-5,11-12H,6-10,17H2,1H3,(H,19,20,23);3*1H/t12-;;;/m1.../s1. The van der Waals surface area contributed by atoms with Gasteiger partial charge in [0.15, 0.2) is 5.13 Å². The monoisotopic (exact) mass is 454 g/mol. The van der Waals surface area contributed by atoms with Gasteiger partial charge in [0.25, 0.3) is 0 Å². The number of amides is 1. The first-order valence-corrected chi connectivity index (χ1v) is 8.89. The summed E-state index contributed by atoms with van der Waals surface area (Å²) < 4.78 is 0. The number of hydrogen-bond acceptors (Lipinski definition) is 7. The third kappa shape index (κ3) is 7.40. The van der Waals surface area contributed by atoms with Crippen LogP contribution in [0.15, 0.2) is 29.8 Å². The third-order valence-electron chi connectivity index (χ3n) is 3.93. The highest BCUT2D eigenvalue weighted by Gasteiger charge is 2.19. The van der Waals surface area contributed by atoms with Crippen LogP contribution in [0.25, 0.3) is 0 Å². The molecule has 0 spiro atoms. The van der Waals surface area contributed by atoms with Crippen molar-refractivity contribution in [1.29, 1.82) is 0 Å². The zero-order valence-corrected chi connectivity index (χ0v) is 18.2. The highest BCUT2D eigenvalue weighted by atomic mass is 35.5. The molecule has 3 N–H and O–H groups in total. The molecule has 0 radical (unpaired) electrons. The summed E-state index contributed by atoms with van der Waals surface area (Å²) in [5, 5.41) is 5.33. The minimum Gasteiger partial charge on any atom is -0.354 e. The number of piperazine rings is 1. The van der Waals surface area contributed by atoms with E-state index in [2.05, 4.69) is 25.1 Å². The molecule has 3 heterocycles. The first-order valence-electron chi connectivity index (χ1n) is 8.01. The molecule has 0 aromatic carbocycles. The topological polar surface area (TPSA) is 87.4 Å². The van der Waals surface area contributed by atoms with E-state index in [-0.39, 0.29) is 43.1 Å². The average Bonchev–Trinajstić information content (AvgIpc) is 3.03. The van der Waals surface area contributed by atoms with Crippen LogP contribution >= 0.6 is 48.6 Å². The Bertz CT molecular complexity index is 680. The number of anilines is 2. The van der Waals surface area contributed by atoms with Crippen LogP contribution in [0.2, 0.25) is 0 Å². The Hall–Kier alpha value is -1.16.